The van der Waals surface area contributed by atoms with Crippen LogP contribution in [0.1, 0.15) is 16.3 Å². The van der Waals surface area contributed by atoms with Crippen molar-refractivity contribution in [3.8, 4) is 11.3 Å². The Morgan fingerprint density at radius 1 is 1.24 bits per heavy atom. The van der Waals surface area contributed by atoms with Crippen LogP contribution in [0.15, 0.2) is 58.4 Å². The highest BCUT2D eigenvalue weighted by atomic mass is 35.5. The number of aromatic amines is 1. The zero-order valence-electron chi connectivity index (χ0n) is 15.1. The van der Waals surface area contributed by atoms with E-state index in [1.165, 1.54) is 11.8 Å². The van der Waals surface area contributed by atoms with Crippen LogP contribution in [-0.2, 0) is 12.8 Å². The molecule has 1 amide bonds. The molecule has 7 nitrogen and oxygen atoms in total. The number of halogens is 2. The van der Waals surface area contributed by atoms with Gasteiger partial charge >= 0.3 is 0 Å². The molecule has 4 aromatic rings. The number of nitrogens with one attached hydrogen (secondary N) is 2. The van der Waals surface area contributed by atoms with E-state index in [-0.39, 0.29) is 11.7 Å². The van der Waals surface area contributed by atoms with Gasteiger partial charge in [0.1, 0.15) is 5.76 Å². The monoisotopic (exact) mass is 447 g/mol. The molecule has 0 aliphatic heterocycles. The molecule has 29 heavy (non-hydrogen) atoms. The number of aromatic nitrogens is 4. The predicted molar refractivity (Wildman–Crippen MR) is 113 cm³/mol. The minimum atomic E-state index is -0.389. The van der Waals surface area contributed by atoms with E-state index in [0.717, 1.165) is 10.7 Å². The highest BCUT2D eigenvalue weighted by Gasteiger charge is 2.14. The zero-order chi connectivity index (χ0) is 20.4. The number of thioether (sulfide) groups is 1. The molecule has 0 radical (unpaired) electrons. The molecule has 4 rings (SSSR count). The van der Waals surface area contributed by atoms with Crippen LogP contribution in [0.4, 0.5) is 5.82 Å². The fraction of sp³-hybridized carbons (Fsp3) is 0.105. The third-order valence-electron chi connectivity index (χ3n) is 4.00. The number of benzene rings is 1. The maximum atomic E-state index is 12.4. The second kappa shape index (κ2) is 8.36. The van der Waals surface area contributed by atoms with Crippen molar-refractivity contribution in [1.82, 2.24) is 19.7 Å². The minimum absolute atomic E-state index is 0.204. The molecule has 0 aliphatic rings. The number of rotatable bonds is 6. The van der Waals surface area contributed by atoms with E-state index in [1.807, 2.05) is 17.8 Å². The number of anilines is 1. The number of aryl methyl sites for hydroxylation is 1. The van der Waals surface area contributed by atoms with Crippen LogP contribution in [0.3, 0.4) is 0 Å². The summed E-state index contributed by atoms with van der Waals surface area (Å²) in [7, 11) is 1.92. The average molecular weight is 448 g/mol. The van der Waals surface area contributed by atoms with Gasteiger partial charge in [-0.25, -0.2) is 4.98 Å². The van der Waals surface area contributed by atoms with Crippen molar-refractivity contribution in [3.63, 3.8) is 0 Å². The van der Waals surface area contributed by atoms with Gasteiger partial charge in [0.15, 0.2) is 16.7 Å². The van der Waals surface area contributed by atoms with Gasteiger partial charge in [-0.3, -0.25) is 9.89 Å². The summed E-state index contributed by atoms with van der Waals surface area (Å²) in [6.07, 6.45) is 3.61. The lowest BCUT2D eigenvalue weighted by atomic mass is 10.1. The Morgan fingerprint density at radius 2 is 2.03 bits per heavy atom. The molecule has 0 atom stereocenters. The van der Waals surface area contributed by atoms with Crippen LogP contribution >= 0.6 is 35.0 Å². The molecule has 0 bridgehead atoms. The minimum Gasteiger partial charge on any atom is -0.455 e. The molecule has 0 aliphatic carbocycles. The van der Waals surface area contributed by atoms with Gasteiger partial charge in [-0.1, -0.05) is 35.0 Å². The van der Waals surface area contributed by atoms with Crippen molar-refractivity contribution in [3.05, 3.63) is 70.4 Å². The van der Waals surface area contributed by atoms with E-state index < -0.39 is 0 Å². The van der Waals surface area contributed by atoms with Crippen molar-refractivity contribution in [2.24, 2.45) is 7.05 Å². The summed E-state index contributed by atoms with van der Waals surface area (Å²) in [6.45, 7) is 0. The summed E-state index contributed by atoms with van der Waals surface area (Å²) in [6, 6.07) is 10.3. The van der Waals surface area contributed by atoms with Gasteiger partial charge in [-0.2, -0.15) is 5.10 Å². The normalized spacial score (nSPS) is 11.0. The van der Waals surface area contributed by atoms with E-state index in [9.17, 15) is 4.79 Å². The van der Waals surface area contributed by atoms with Gasteiger partial charge in [0.05, 0.1) is 11.4 Å². The third kappa shape index (κ3) is 4.67. The Morgan fingerprint density at radius 3 is 2.76 bits per heavy atom. The van der Waals surface area contributed by atoms with Crippen LogP contribution in [0, 0.1) is 0 Å². The number of amides is 1. The number of carbonyl (C=O) groups is 1. The first-order chi connectivity index (χ1) is 14.0. The van der Waals surface area contributed by atoms with Gasteiger partial charge in [0.25, 0.3) is 5.91 Å². The van der Waals surface area contributed by atoms with Crippen LogP contribution in [0.5, 0.6) is 0 Å². The molecular formula is C19H15Cl2N5O2S. The van der Waals surface area contributed by atoms with Crippen LogP contribution in [-0.4, -0.2) is 25.7 Å². The van der Waals surface area contributed by atoms with Gasteiger partial charge in [-0.05, 0) is 30.3 Å². The number of hydrogen-bond donors (Lipinski definition) is 2. The quantitative estimate of drug-likeness (QED) is 0.393. The maximum absolute atomic E-state index is 12.4. The molecular weight excluding hydrogens is 433 g/mol. The molecule has 0 saturated carbocycles. The van der Waals surface area contributed by atoms with Crippen LogP contribution < -0.4 is 5.32 Å². The summed E-state index contributed by atoms with van der Waals surface area (Å²) < 4.78 is 7.56. The van der Waals surface area contributed by atoms with Gasteiger partial charge in [0, 0.05) is 41.1 Å². The van der Waals surface area contributed by atoms with E-state index >= 15 is 0 Å². The largest absolute Gasteiger partial charge is 0.455 e. The maximum Gasteiger partial charge on any atom is 0.292 e. The van der Waals surface area contributed by atoms with Crippen molar-refractivity contribution >= 4 is 46.7 Å². The highest BCUT2D eigenvalue weighted by molar-refractivity contribution is 7.98. The Labute approximate surface area is 180 Å². The molecule has 0 unspecified atom stereocenters. The molecule has 0 saturated heterocycles. The lowest BCUT2D eigenvalue weighted by Crippen LogP contribution is -2.11. The third-order valence-corrected chi connectivity index (χ3v) is 5.52. The first kappa shape index (κ1) is 19.6. The zero-order valence-corrected chi connectivity index (χ0v) is 17.5. The van der Waals surface area contributed by atoms with Crippen molar-refractivity contribution < 1.29 is 9.21 Å². The summed E-state index contributed by atoms with van der Waals surface area (Å²) in [4.78, 5) is 16.7. The first-order valence-electron chi connectivity index (χ1n) is 8.50. The Hall–Kier alpha value is -2.68. The number of furan rings is 1. The lowest BCUT2D eigenvalue weighted by Gasteiger charge is -2.00. The van der Waals surface area contributed by atoms with Crippen LogP contribution in [0.2, 0.25) is 10.0 Å². The Bertz CT molecular complexity index is 1150. The summed E-state index contributed by atoms with van der Waals surface area (Å²) in [5.41, 5.74) is 1.44. The summed E-state index contributed by atoms with van der Waals surface area (Å²) in [5.74, 6) is 1.43. The van der Waals surface area contributed by atoms with E-state index in [0.29, 0.717) is 33.1 Å². The van der Waals surface area contributed by atoms with Crippen molar-refractivity contribution in [1.29, 1.82) is 0 Å². The molecule has 0 fully saturated rings. The topological polar surface area (TPSA) is 88.7 Å². The Balaban J connectivity index is 1.40. The van der Waals surface area contributed by atoms with Crippen molar-refractivity contribution in [2.75, 3.05) is 5.32 Å². The van der Waals surface area contributed by atoms with E-state index in [4.69, 9.17) is 27.6 Å². The van der Waals surface area contributed by atoms with Crippen LogP contribution in [0.25, 0.3) is 11.3 Å². The molecule has 0 spiro atoms. The summed E-state index contributed by atoms with van der Waals surface area (Å²) >= 11 is 13.6. The smallest absolute Gasteiger partial charge is 0.292 e. The van der Waals surface area contributed by atoms with Gasteiger partial charge < -0.3 is 14.3 Å². The fourth-order valence-electron chi connectivity index (χ4n) is 2.63. The fourth-order valence-corrected chi connectivity index (χ4v) is 3.98. The molecule has 148 valence electrons. The molecule has 10 heteroatoms. The molecule has 3 heterocycles. The highest BCUT2D eigenvalue weighted by Crippen LogP contribution is 2.27. The predicted octanol–water partition coefficient (Wildman–Crippen LogP) is 5.25. The molecule has 3 aromatic heterocycles. The van der Waals surface area contributed by atoms with Gasteiger partial charge in [0.2, 0.25) is 0 Å². The molecule has 1 aromatic carbocycles. The number of carbonyl (C=O) groups excluding carboxylic acids is 1. The Kier molecular flexibility index (Phi) is 5.66. The second-order valence-electron chi connectivity index (χ2n) is 6.15. The van der Waals surface area contributed by atoms with E-state index in [2.05, 4.69) is 20.5 Å². The standard InChI is InChI=1S/C19H15Cl2N5O2S/c1-26-5-4-22-19(26)29-10-14-2-3-16(28-14)18(27)23-17-9-15(24-25-17)11-6-12(20)8-13(21)7-11/h2-9H,10H2,1H3,(H2,23,24,25,27). The number of H-pyrrole nitrogens is 1. The number of hydrogen-bond acceptors (Lipinski definition) is 5. The average Bonchev–Trinajstić information content (AvgIpc) is 3.40. The summed E-state index contributed by atoms with van der Waals surface area (Å²) in [5, 5.41) is 11.6. The second-order valence-corrected chi connectivity index (χ2v) is 7.97. The van der Waals surface area contributed by atoms with Crippen molar-refractivity contribution in [2.45, 2.75) is 10.9 Å². The number of nitrogens with zero attached hydrogens (tertiary/aromatic N) is 3. The lowest BCUT2D eigenvalue weighted by molar-refractivity contribution is 0.0995. The SMILES string of the molecule is Cn1ccnc1SCc1ccc(C(=O)Nc2cc(-c3cc(Cl)cc(Cl)c3)[nH]n2)o1. The molecule has 2 N–H and O–H groups in total. The van der Waals surface area contributed by atoms with Gasteiger partial charge in [-0.15, -0.1) is 0 Å². The van der Waals surface area contributed by atoms with E-state index in [1.54, 1.807) is 42.6 Å². The number of imidazole rings is 1. The first-order valence-corrected chi connectivity index (χ1v) is 10.2.